The lowest BCUT2D eigenvalue weighted by molar-refractivity contribution is -0.116. The number of Topliss-reactive ketones (excluding diaryl/α,β-unsaturated/α-hetero) is 1. The van der Waals surface area contributed by atoms with Crippen LogP contribution in [0.1, 0.15) is 35.1 Å². The van der Waals surface area contributed by atoms with Crippen LogP contribution in [0.15, 0.2) is 22.9 Å². The molecule has 2 aromatic rings. The van der Waals surface area contributed by atoms with E-state index in [1.807, 2.05) is 11.4 Å². The molecule has 100 valence electrons. The van der Waals surface area contributed by atoms with Crippen LogP contribution in [-0.2, 0) is 11.2 Å². The van der Waals surface area contributed by atoms with Gasteiger partial charge < -0.3 is 5.32 Å². The molecule has 1 amide bonds. The minimum absolute atomic E-state index is 0.0546. The molecule has 2 heterocycles. The molecule has 1 N–H and O–H groups in total. The molecule has 2 rings (SSSR count). The van der Waals surface area contributed by atoms with Crippen LogP contribution < -0.4 is 5.32 Å². The van der Waals surface area contributed by atoms with Crippen molar-refractivity contribution >= 4 is 39.5 Å². The second-order valence-electron chi connectivity index (χ2n) is 4.08. The number of ketones is 1. The first-order valence-electron chi connectivity index (χ1n) is 5.94. The summed E-state index contributed by atoms with van der Waals surface area (Å²) in [6.45, 7) is 1.46. The number of anilines is 1. The lowest BCUT2D eigenvalue weighted by Gasteiger charge is -2.00. The molecule has 0 atom stereocenters. The van der Waals surface area contributed by atoms with Crippen molar-refractivity contribution in [2.45, 2.75) is 26.2 Å². The van der Waals surface area contributed by atoms with Crippen LogP contribution in [0.5, 0.6) is 0 Å². The van der Waals surface area contributed by atoms with Crippen molar-refractivity contribution in [2.75, 3.05) is 5.32 Å². The smallest absolute Gasteiger partial charge is 0.226 e. The summed E-state index contributed by atoms with van der Waals surface area (Å²) in [4.78, 5) is 28.1. The number of hydrogen-bond donors (Lipinski definition) is 1. The van der Waals surface area contributed by atoms with Gasteiger partial charge in [-0.25, -0.2) is 4.98 Å². The maximum Gasteiger partial charge on any atom is 0.226 e. The van der Waals surface area contributed by atoms with Crippen LogP contribution in [0.3, 0.4) is 0 Å². The van der Waals surface area contributed by atoms with Gasteiger partial charge in [0.1, 0.15) is 5.69 Å². The fourth-order valence-corrected chi connectivity index (χ4v) is 3.07. The average Bonchev–Trinajstić information content (AvgIpc) is 3.00. The van der Waals surface area contributed by atoms with E-state index in [4.69, 9.17) is 0 Å². The SMILES string of the molecule is CC(=O)c1csc(NC(=O)CCCc2cccs2)n1. The molecule has 0 aliphatic heterocycles. The first kappa shape index (κ1) is 13.9. The summed E-state index contributed by atoms with van der Waals surface area (Å²) < 4.78 is 0. The second kappa shape index (κ2) is 6.58. The molecule has 0 aromatic carbocycles. The summed E-state index contributed by atoms with van der Waals surface area (Å²) in [5, 5.41) is 6.90. The lowest BCUT2D eigenvalue weighted by Crippen LogP contribution is -2.11. The third-order valence-corrected chi connectivity index (χ3v) is 4.21. The van der Waals surface area contributed by atoms with Gasteiger partial charge in [-0.3, -0.25) is 9.59 Å². The molecule has 0 radical (unpaired) electrons. The molecular weight excluding hydrogens is 280 g/mol. The number of carbonyl (C=O) groups excluding carboxylic acids is 2. The molecular formula is C13H14N2O2S2. The van der Waals surface area contributed by atoms with E-state index < -0.39 is 0 Å². The van der Waals surface area contributed by atoms with Crippen molar-refractivity contribution in [3.63, 3.8) is 0 Å². The highest BCUT2D eigenvalue weighted by atomic mass is 32.1. The van der Waals surface area contributed by atoms with Crippen LogP contribution in [0.25, 0.3) is 0 Å². The van der Waals surface area contributed by atoms with Crippen molar-refractivity contribution < 1.29 is 9.59 Å². The molecule has 0 aliphatic rings. The average molecular weight is 294 g/mol. The molecule has 0 fully saturated rings. The number of rotatable bonds is 6. The number of nitrogens with zero attached hydrogens (tertiary/aromatic N) is 1. The Bertz CT molecular complexity index is 561. The topological polar surface area (TPSA) is 59.1 Å². The van der Waals surface area contributed by atoms with Gasteiger partial charge in [0.05, 0.1) is 0 Å². The Labute approximate surface area is 119 Å². The van der Waals surface area contributed by atoms with E-state index in [1.165, 1.54) is 23.1 Å². The summed E-state index contributed by atoms with van der Waals surface area (Å²) in [5.74, 6) is -0.143. The first-order chi connectivity index (χ1) is 9.15. The Morgan fingerprint density at radius 2 is 2.21 bits per heavy atom. The van der Waals surface area contributed by atoms with Crippen molar-refractivity contribution in [2.24, 2.45) is 0 Å². The van der Waals surface area contributed by atoms with Crippen molar-refractivity contribution in [1.29, 1.82) is 0 Å². The summed E-state index contributed by atoms with van der Waals surface area (Å²) in [7, 11) is 0. The fourth-order valence-electron chi connectivity index (χ4n) is 1.55. The standard InChI is InChI=1S/C13H14N2O2S2/c1-9(16)11-8-19-13(14-11)15-12(17)6-2-4-10-5-3-7-18-10/h3,5,7-8H,2,4,6H2,1H3,(H,14,15,17). The predicted molar refractivity (Wildman–Crippen MR) is 78.0 cm³/mol. The van der Waals surface area contributed by atoms with Gasteiger partial charge in [0.2, 0.25) is 5.91 Å². The van der Waals surface area contributed by atoms with Gasteiger partial charge >= 0.3 is 0 Å². The van der Waals surface area contributed by atoms with Crippen LogP contribution in [0.2, 0.25) is 0 Å². The monoisotopic (exact) mass is 294 g/mol. The van der Waals surface area contributed by atoms with Crippen LogP contribution in [0.4, 0.5) is 5.13 Å². The van der Waals surface area contributed by atoms with E-state index >= 15 is 0 Å². The molecule has 4 nitrogen and oxygen atoms in total. The summed E-state index contributed by atoms with van der Waals surface area (Å²) in [6, 6.07) is 4.08. The van der Waals surface area contributed by atoms with Crippen LogP contribution >= 0.6 is 22.7 Å². The molecule has 0 aliphatic carbocycles. The lowest BCUT2D eigenvalue weighted by atomic mass is 10.2. The number of aryl methyl sites for hydroxylation is 1. The summed E-state index contributed by atoms with van der Waals surface area (Å²) >= 11 is 2.98. The number of thiazole rings is 1. The highest BCUT2D eigenvalue weighted by Crippen LogP contribution is 2.17. The van der Waals surface area contributed by atoms with Crippen molar-refractivity contribution in [1.82, 2.24) is 4.98 Å². The van der Waals surface area contributed by atoms with Gasteiger partial charge in [0, 0.05) is 23.6 Å². The minimum Gasteiger partial charge on any atom is -0.302 e. The third kappa shape index (κ3) is 4.25. The molecule has 0 saturated heterocycles. The van der Waals surface area contributed by atoms with E-state index in [9.17, 15) is 9.59 Å². The van der Waals surface area contributed by atoms with Gasteiger partial charge in [-0.05, 0) is 24.3 Å². The Hall–Kier alpha value is -1.53. The molecule has 0 bridgehead atoms. The normalized spacial score (nSPS) is 10.4. The van der Waals surface area contributed by atoms with E-state index in [0.717, 1.165) is 12.8 Å². The Balaban J connectivity index is 1.75. The van der Waals surface area contributed by atoms with Crippen molar-refractivity contribution in [3.8, 4) is 0 Å². The number of thiophene rings is 1. The third-order valence-electron chi connectivity index (χ3n) is 2.52. The molecule has 2 aromatic heterocycles. The van der Waals surface area contributed by atoms with Crippen LogP contribution in [-0.4, -0.2) is 16.7 Å². The maximum atomic E-state index is 11.7. The van der Waals surface area contributed by atoms with Crippen LogP contribution in [0, 0.1) is 0 Å². The zero-order chi connectivity index (χ0) is 13.7. The zero-order valence-corrected chi connectivity index (χ0v) is 12.1. The largest absolute Gasteiger partial charge is 0.302 e. The number of amides is 1. The highest BCUT2D eigenvalue weighted by molar-refractivity contribution is 7.14. The summed E-state index contributed by atoms with van der Waals surface area (Å²) in [6.07, 6.45) is 2.20. The van der Waals surface area contributed by atoms with E-state index in [0.29, 0.717) is 17.2 Å². The number of nitrogens with one attached hydrogen (secondary N) is 1. The van der Waals surface area contributed by atoms with Gasteiger partial charge in [0.15, 0.2) is 10.9 Å². The van der Waals surface area contributed by atoms with Gasteiger partial charge in [-0.2, -0.15) is 0 Å². The van der Waals surface area contributed by atoms with Gasteiger partial charge in [-0.15, -0.1) is 22.7 Å². The number of hydrogen-bond acceptors (Lipinski definition) is 5. The van der Waals surface area contributed by atoms with Crippen molar-refractivity contribution in [3.05, 3.63) is 33.5 Å². The number of aromatic nitrogens is 1. The highest BCUT2D eigenvalue weighted by Gasteiger charge is 2.09. The van der Waals surface area contributed by atoms with Gasteiger partial charge in [-0.1, -0.05) is 6.07 Å². The van der Waals surface area contributed by atoms with E-state index in [-0.39, 0.29) is 11.7 Å². The van der Waals surface area contributed by atoms with E-state index in [2.05, 4.69) is 16.4 Å². The minimum atomic E-state index is -0.0885. The number of carbonyl (C=O) groups is 2. The fraction of sp³-hybridized carbons (Fsp3) is 0.308. The van der Waals surface area contributed by atoms with E-state index in [1.54, 1.807) is 16.7 Å². The Kier molecular flexibility index (Phi) is 4.81. The molecule has 0 spiro atoms. The first-order valence-corrected chi connectivity index (χ1v) is 7.70. The van der Waals surface area contributed by atoms with Gasteiger partial charge in [0.25, 0.3) is 0 Å². The molecule has 0 unspecified atom stereocenters. The zero-order valence-electron chi connectivity index (χ0n) is 10.5. The molecule has 0 saturated carbocycles. The second-order valence-corrected chi connectivity index (χ2v) is 5.97. The Morgan fingerprint density at radius 1 is 1.37 bits per heavy atom. The molecule has 6 heteroatoms. The molecule has 19 heavy (non-hydrogen) atoms. The summed E-state index contributed by atoms with van der Waals surface area (Å²) in [5.41, 5.74) is 0.402. The maximum absolute atomic E-state index is 11.7. The Morgan fingerprint density at radius 3 is 2.84 bits per heavy atom. The predicted octanol–water partition coefficient (Wildman–Crippen LogP) is 3.37. The quantitative estimate of drug-likeness (QED) is 0.831.